The number of rotatable bonds is 3. The zero-order chi connectivity index (χ0) is 17.6. The highest BCUT2D eigenvalue weighted by molar-refractivity contribution is 5.93. The number of nitrogens with zero attached hydrogens (tertiary/aromatic N) is 3. The lowest BCUT2D eigenvalue weighted by atomic mass is 9.97. The third kappa shape index (κ3) is 4.41. The number of hydrogen-bond donors (Lipinski definition) is 1. The highest BCUT2D eigenvalue weighted by Gasteiger charge is 2.29. The molecular formula is C18H26N4O3. The number of hydrogen-bond acceptors (Lipinski definition) is 5. The largest absolute Gasteiger partial charge is 0.453 e. The summed E-state index contributed by atoms with van der Waals surface area (Å²) < 4.78 is 4.75. The van der Waals surface area contributed by atoms with Gasteiger partial charge in [0.25, 0.3) is 0 Å². The molecule has 0 saturated carbocycles. The van der Waals surface area contributed by atoms with Gasteiger partial charge < -0.3 is 19.9 Å². The molecule has 2 fully saturated rings. The highest BCUT2D eigenvalue weighted by atomic mass is 16.5. The number of ether oxygens (including phenoxy) is 1. The van der Waals surface area contributed by atoms with Gasteiger partial charge in [0.05, 0.1) is 24.9 Å². The van der Waals surface area contributed by atoms with Crippen LogP contribution in [-0.2, 0) is 9.53 Å². The Kier molecular flexibility index (Phi) is 5.73. The lowest BCUT2D eigenvalue weighted by molar-refractivity contribution is -0.121. The van der Waals surface area contributed by atoms with Crippen LogP contribution < -0.4 is 10.2 Å². The van der Waals surface area contributed by atoms with Gasteiger partial charge in [0.1, 0.15) is 5.82 Å². The molecule has 0 bridgehead atoms. The lowest BCUT2D eigenvalue weighted by Gasteiger charge is -2.31. The normalized spacial score (nSPS) is 20.9. The maximum atomic E-state index is 12.5. The number of methoxy groups -OCH3 is 1. The smallest absolute Gasteiger partial charge is 0.409 e. The average molecular weight is 346 g/mol. The van der Waals surface area contributed by atoms with Gasteiger partial charge in [-0.2, -0.15) is 0 Å². The van der Waals surface area contributed by atoms with E-state index in [2.05, 4.69) is 15.2 Å². The van der Waals surface area contributed by atoms with Crippen molar-refractivity contribution < 1.29 is 14.3 Å². The van der Waals surface area contributed by atoms with E-state index in [1.54, 1.807) is 11.1 Å². The summed E-state index contributed by atoms with van der Waals surface area (Å²) in [7, 11) is 1.36. The predicted octanol–water partition coefficient (Wildman–Crippen LogP) is 2.49. The fraction of sp³-hybridized carbons (Fsp3) is 0.611. The van der Waals surface area contributed by atoms with Gasteiger partial charge in [0.15, 0.2) is 0 Å². The van der Waals surface area contributed by atoms with E-state index in [0.29, 0.717) is 18.8 Å². The molecule has 3 heterocycles. The summed E-state index contributed by atoms with van der Waals surface area (Å²) in [6.45, 7) is 3.13. The minimum Gasteiger partial charge on any atom is -0.453 e. The van der Waals surface area contributed by atoms with Crippen molar-refractivity contribution in [3.05, 3.63) is 18.3 Å². The summed E-state index contributed by atoms with van der Waals surface area (Å²) in [6.07, 6.45) is 6.62. The fourth-order valence-electron chi connectivity index (χ4n) is 3.50. The fourth-order valence-corrected chi connectivity index (χ4v) is 3.50. The summed E-state index contributed by atoms with van der Waals surface area (Å²) >= 11 is 0. The van der Waals surface area contributed by atoms with E-state index in [-0.39, 0.29) is 17.9 Å². The number of carbonyl (C=O) groups is 2. The van der Waals surface area contributed by atoms with Crippen LogP contribution in [-0.4, -0.2) is 55.2 Å². The molecule has 1 atom stereocenters. The van der Waals surface area contributed by atoms with Gasteiger partial charge in [-0.3, -0.25) is 4.79 Å². The van der Waals surface area contributed by atoms with E-state index in [1.807, 2.05) is 12.1 Å². The van der Waals surface area contributed by atoms with Crippen molar-refractivity contribution in [3.8, 4) is 0 Å². The van der Waals surface area contributed by atoms with Gasteiger partial charge in [0.2, 0.25) is 5.91 Å². The number of carbonyl (C=O) groups excluding carboxylic acids is 2. The first kappa shape index (κ1) is 17.5. The quantitative estimate of drug-likeness (QED) is 0.910. The van der Waals surface area contributed by atoms with Gasteiger partial charge >= 0.3 is 6.09 Å². The van der Waals surface area contributed by atoms with Gasteiger partial charge in [-0.15, -0.1) is 0 Å². The minimum absolute atomic E-state index is 0.0684. The van der Waals surface area contributed by atoms with Gasteiger partial charge in [-0.25, -0.2) is 9.78 Å². The maximum Gasteiger partial charge on any atom is 0.409 e. The average Bonchev–Trinajstić information content (AvgIpc) is 2.68. The van der Waals surface area contributed by atoms with Crippen LogP contribution in [0.25, 0.3) is 0 Å². The van der Waals surface area contributed by atoms with Gasteiger partial charge in [-0.1, -0.05) is 0 Å². The Hall–Kier alpha value is -2.31. The zero-order valence-electron chi connectivity index (χ0n) is 14.7. The number of pyridine rings is 1. The first-order valence-corrected chi connectivity index (χ1v) is 9.02. The molecular weight excluding hydrogens is 320 g/mol. The number of aromatic nitrogens is 1. The molecule has 0 aromatic carbocycles. The van der Waals surface area contributed by atoms with Crippen molar-refractivity contribution in [2.24, 2.45) is 5.92 Å². The van der Waals surface area contributed by atoms with Gasteiger partial charge in [-0.05, 0) is 44.2 Å². The van der Waals surface area contributed by atoms with Gasteiger partial charge in [0, 0.05) is 26.2 Å². The Balaban J connectivity index is 1.56. The second-order valence-electron chi connectivity index (χ2n) is 6.70. The van der Waals surface area contributed by atoms with Crippen LogP contribution >= 0.6 is 0 Å². The summed E-state index contributed by atoms with van der Waals surface area (Å²) in [5, 5.41) is 2.92. The number of likely N-dealkylation sites (tertiary alicyclic amines) is 1. The molecule has 1 N–H and O–H groups in total. The van der Waals surface area contributed by atoms with Crippen molar-refractivity contribution in [2.45, 2.75) is 32.1 Å². The summed E-state index contributed by atoms with van der Waals surface area (Å²) in [5.74, 6) is 0.683. The van der Waals surface area contributed by atoms with Crippen molar-refractivity contribution in [2.75, 3.05) is 43.5 Å². The van der Waals surface area contributed by atoms with Crippen LogP contribution in [0.15, 0.2) is 18.3 Å². The molecule has 1 aromatic rings. The van der Waals surface area contributed by atoms with E-state index in [9.17, 15) is 9.59 Å². The van der Waals surface area contributed by atoms with Crippen molar-refractivity contribution in [3.63, 3.8) is 0 Å². The molecule has 25 heavy (non-hydrogen) atoms. The molecule has 2 aliphatic rings. The Morgan fingerprint density at radius 3 is 2.64 bits per heavy atom. The molecule has 7 heteroatoms. The standard InChI is InChI=1S/C18H26N4O3/c1-25-18(24)22-11-5-6-14(13-22)17(23)20-15-7-8-16(19-12-15)21-9-3-2-4-10-21/h7-8,12,14H,2-6,9-11,13H2,1H3,(H,20,23)/t14-/m1/s1. The molecule has 0 spiro atoms. The molecule has 0 radical (unpaired) electrons. The van der Waals surface area contributed by atoms with Crippen LogP contribution in [0.5, 0.6) is 0 Å². The Morgan fingerprint density at radius 2 is 1.96 bits per heavy atom. The second-order valence-corrected chi connectivity index (χ2v) is 6.70. The first-order chi connectivity index (χ1) is 12.2. The highest BCUT2D eigenvalue weighted by Crippen LogP contribution is 2.21. The topological polar surface area (TPSA) is 74.8 Å². The van der Waals surface area contributed by atoms with Crippen molar-refractivity contribution in [1.82, 2.24) is 9.88 Å². The lowest BCUT2D eigenvalue weighted by Crippen LogP contribution is -2.43. The Morgan fingerprint density at radius 1 is 1.16 bits per heavy atom. The van der Waals surface area contributed by atoms with Crippen LogP contribution in [0.3, 0.4) is 0 Å². The number of amides is 2. The number of anilines is 2. The zero-order valence-corrected chi connectivity index (χ0v) is 14.7. The number of nitrogens with one attached hydrogen (secondary N) is 1. The molecule has 0 unspecified atom stereocenters. The monoisotopic (exact) mass is 346 g/mol. The maximum absolute atomic E-state index is 12.5. The van der Waals surface area contributed by atoms with Crippen molar-refractivity contribution >= 4 is 23.5 Å². The van der Waals surface area contributed by atoms with E-state index in [0.717, 1.165) is 31.7 Å². The van der Waals surface area contributed by atoms with E-state index in [4.69, 9.17) is 4.74 Å². The van der Waals surface area contributed by atoms with E-state index in [1.165, 1.54) is 26.4 Å². The molecule has 1 aromatic heterocycles. The molecule has 2 aliphatic heterocycles. The predicted molar refractivity (Wildman–Crippen MR) is 95.6 cm³/mol. The van der Waals surface area contributed by atoms with E-state index < -0.39 is 0 Å². The first-order valence-electron chi connectivity index (χ1n) is 9.02. The van der Waals surface area contributed by atoms with Crippen LogP contribution in [0.2, 0.25) is 0 Å². The van der Waals surface area contributed by atoms with Crippen LogP contribution in [0.4, 0.5) is 16.3 Å². The minimum atomic E-state index is -0.370. The molecule has 2 amide bonds. The number of piperidine rings is 2. The molecule has 136 valence electrons. The SMILES string of the molecule is COC(=O)N1CCC[C@@H](C(=O)Nc2ccc(N3CCCCC3)nc2)C1. The van der Waals surface area contributed by atoms with Crippen molar-refractivity contribution in [1.29, 1.82) is 0 Å². The molecule has 0 aliphatic carbocycles. The summed E-state index contributed by atoms with van der Waals surface area (Å²) in [6, 6.07) is 3.86. The summed E-state index contributed by atoms with van der Waals surface area (Å²) in [5.41, 5.74) is 0.695. The van der Waals surface area contributed by atoms with Crippen LogP contribution in [0.1, 0.15) is 32.1 Å². The molecule has 2 saturated heterocycles. The molecule has 7 nitrogen and oxygen atoms in total. The summed E-state index contributed by atoms with van der Waals surface area (Å²) in [4.78, 5) is 32.5. The second kappa shape index (κ2) is 8.18. The Labute approximate surface area is 148 Å². The molecule has 3 rings (SSSR count). The third-order valence-corrected chi connectivity index (χ3v) is 4.92. The Bertz CT molecular complexity index is 599. The van der Waals surface area contributed by atoms with E-state index >= 15 is 0 Å². The third-order valence-electron chi connectivity index (χ3n) is 4.92. The van der Waals surface area contributed by atoms with Crippen LogP contribution in [0, 0.1) is 5.92 Å².